The number of carbonyl (C=O) groups is 1. The summed E-state index contributed by atoms with van der Waals surface area (Å²) >= 11 is 0. The molecule has 0 aliphatic carbocycles. The fourth-order valence-electron chi connectivity index (χ4n) is 1.20. The highest BCUT2D eigenvalue weighted by Gasteiger charge is 2.09. The van der Waals surface area contributed by atoms with Crippen LogP contribution in [0.3, 0.4) is 0 Å². The molecule has 1 rings (SSSR count). The van der Waals surface area contributed by atoms with E-state index in [0.717, 1.165) is 11.3 Å². The maximum atomic E-state index is 10.4. The Morgan fingerprint density at radius 1 is 1.53 bits per heavy atom. The first-order valence-electron chi connectivity index (χ1n) is 4.75. The van der Waals surface area contributed by atoms with Crippen LogP contribution in [0.5, 0.6) is 5.75 Å². The normalized spacial score (nSPS) is 12.1. The van der Waals surface area contributed by atoms with Crippen LogP contribution in [0.25, 0.3) is 0 Å². The Morgan fingerprint density at radius 3 is 2.80 bits per heavy atom. The molecular formula is C11H15NO3. The second-order valence-corrected chi connectivity index (χ2v) is 3.43. The van der Waals surface area contributed by atoms with Crippen LogP contribution in [0.4, 0.5) is 0 Å². The monoisotopic (exact) mass is 209 g/mol. The first-order valence-corrected chi connectivity index (χ1v) is 4.75. The molecule has 82 valence electrons. The maximum Gasteiger partial charge on any atom is 0.305 e. The Bertz CT molecular complexity index is 338. The minimum atomic E-state index is -0.907. The molecule has 0 bridgehead atoms. The van der Waals surface area contributed by atoms with Gasteiger partial charge in [-0.25, -0.2) is 0 Å². The van der Waals surface area contributed by atoms with Crippen LogP contribution in [0, 0.1) is 6.92 Å². The van der Waals surface area contributed by atoms with Crippen molar-refractivity contribution >= 4 is 5.97 Å². The lowest BCUT2D eigenvalue weighted by molar-refractivity contribution is -0.137. The van der Waals surface area contributed by atoms with E-state index in [1.54, 1.807) is 0 Å². The first-order chi connectivity index (χ1) is 7.09. The highest BCUT2D eigenvalue weighted by molar-refractivity contribution is 5.67. The number of carboxylic acids is 1. The van der Waals surface area contributed by atoms with Crippen LogP contribution >= 0.6 is 0 Å². The van der Waals surface area contributed by atoms with E-state index in [2.05, 4.69) is 0 Å². The van der Waals surface area contributed by atoms with Crippen LogP contribution in [-0.4, -0.2) is 23.7 Å². The molecule has 1 atom stereocenters. The number of para-hydroxylation sites is 1. The Hall–Kier alpha value is -1.55. The van der Waals surface area contributed by atoms with Gasteiger partial charge in [0, 0.05) is 6.04 Å². The third-order valence-electron chi connectivity index (χ3n) is 1.98. The van der Waals surface area contributed by atoms with Crippen molar-refractivity contribution in [2.45, 2.75) is 19.4 Å². The molecule has 0 heterocycles. The van der Waals surface area contributed by atoms with Crippen molar-refractivity contribution in [2.75, 3.05) is 6.61 Å². The molecule has 1 aromatic rings. The summed E-state index contributed by atoms with van der Waals surface area (Å²) in [5.41, 5.74) is 6.58. The van der Waals surface area contributed by atoms with E-state index in [1.165, 1.54) is 0 Å². The van der Waals surface area contributed by atoms with Gasteiger partial charge in [-0.1, -0.05) is 18.2 Å². The van der Waals surface area contributed by atoms with Gasteiger partial charge in [-0.2, -0.15) is 0 Å². The number of aliphatic carboxylic acids is 1. The molecule has 0 aromatic heterocycles. The molecule has 4 heteroatoms. The zero-order chi connectivity index (χ0) is 11.3. The van der Waals surface area contributed by atoms with E-state index in [9.17, 15) is 4.79 Å². The third kappa shape index (κ3) is 3.99. The molecule has 0 aliphatic heterocycles. The molecule has 0 amide bonds. The van der Waals surface area contributed by atoms with Crippen molar-refractivity contribution < 1.29 is 14.6 Å². The average molecular weight is 209 g/mol. The number of benzene rings is 1. The van der Waals surface area contributed by atoms with Crippen molar-refractivity contribution in [2.24, 2.45) is 5.73 Å². The van der Waals surface area contributed by atoms with Gasteiger partial charge in [-0.05, 0) is 18.6 Å². The molecule has 15 heavy (non-hydrogen) atoms. The molecule has 0 spiro atoms. The molecule has 1 unspecified atom stereocenters. The molecule has 3 N–H and O–H groups in total. The largest absolute Gasteiger partial charge is 0.492 e. The molecule has 0 radical (unpaired) electrons. The highest BCUT2D eigenvalue weighted by atomic mass is 16.5. The van der Waals surface area contributed by atoms with Gasteiger partial charge < -0.3 is 15.6 Å². The average Bonchev–Trinajstić information content (AvgIpc) is 2.15. The van der Waals surface area contributed by atoms with E-state index in [-0.39, 0.29) is 13.0 Å². The Labute approximate surface area is 88.7 Å². The molecule has 4 nitrogen and oxygen atoms in total. The predicted molar refractivity (Wildman–Crippen MR) is 56.9 cm³/mol. The van der Waals surface area contributed by atoms with Crippen LogP contribution in [0.2, 0.25) is 0 Å². The molecule has 0 saturated heterocycles. The minimum absolute atomic E-state index is 0.0775. The fraction of sp³-hybridized carbons (Fsp3) is 0.364. The van der Waals surface area contributed by atoms with E-state index in [0.29, 0.717) is 0 Å². The van der Waals surface area contributed by atoms with Gasteiger partial charge in [-0.15, -0.1) is 0 Å². The summed E-state index contributed by atoms with van der Waals surface area (Å²) in [6.07, 6.45) is -0.0775. The Morgan fingerprint density at radius 2 is 2.20 bits per heavy atom. The van der Waals surface area contributed by atoms with Crippen molar-refractivity contribution in [1.82, 2.24) is 0 Å². The van der Waals surface area contributed by atoms with Gasteiger partial charge in [0.2, 0.25) is 0 Å². The van der Waals surface area contributed by atoms with Crippen LogP contribution in [0.15, 0.2) is 24.3 Å². The topological polar surface area (TPSA) is 72.5 Å². The molecule has 0 aliphatic rings. The standard InChI is InChI=1S/C11H15NO3/c1-8-4-2-3-5-10(8)15-7-9(12)6-11(13)14/h2-5,9H,6-7,12H2,1H3,(H,13,14). The van der Waals surface area contributed by atoms with E-state index < -0.39 is 12.0 Å². The second kappa shape index (κ2) is 5.36. The van der Waals surface area contributed by atoms with E-state index in [1.807, 2.05) is 31.2 Å². The zero-order valence-electron chi connectivity index (χ0n) is 8.64. The van der Waals surface area contributed by atoms with Gasteiger partial charge in [0.05, 0.1) is 6.42 Å². The molecular weight excluding hydrogens is 194 g/mol. The first kappa shape index (κ1) is 11.5. The number of hydrogen-bond acceptors (Lipinski definition) is 3. The van der Waals surface area contributed by atoms with Crippen LogP contribution in [0.1, 0.15) is 12.0 Å². The summed E-state index contributed by atoms with van der Waals surface area (Å²) in [5, 5.41) is 8.50. The van der Waals surface area contributed by atoms with Crippen LogP contribution in [-0.2, 0) is 4.79 Å². The maximum absolute atomic E-state index is 10.4. The number of rotatable bonds is 5. The lowest BCUT2D eigenvalue weighted by atomic mass is 10.2. The molecule has 0 saturated carbocycles. The SMILES string of the molecule is Cc1ccccc1OCC(N)CC(=O)O. The fourth-order valence-corrected chi connectivity index (χ4v) is 1.20. The number of carboxylic acid groups (broad SMARTS) is 1. The van der Waals surface area contributed by atoms with E-state index >= 15 is 0 Å². The minimum Gasteiger partial charge on any atom is -0.492 e. The van der Waals surface area contributed by atoms with Gasteiger partial charge in [0.25, 0.3) is 0 Å². The van der Waals surface area contributed by atoms with Crippen molar-refractivity contribution in [3.63, 3.8) is 0 Å². The summed E-state index contributed by atoms with van der Waals surface area (Å²) in [6.45, 7) is 2.15. The second-order valence-electron chi connectivity index (χ2n) is 3.43. The number of hydrogen-bond donors (Lipinski definition) is 2. The van der Waals surface area contributed by atoms with Crippen molar-refractivity contribution in [3.8, 4) is 5.75 Å². The quantitative estimate of drug-likeness (QED) is 0.763. The zero-order valence-corrected chi connectivity index (χ0v) is 8.64. The van der Waals surface area contributed by atoms with Gasteiger partial charge in [0.15, 0.2) is 0 Å². The Kier molecular flexibility index (Phi) is 4.12. The molecule has 1 aromatic carbocycles. The summed E-state index contributed by atoms with van der Waals surface area (Å²) in [5.74, 6) is -0.158. The van der Waals surface area contributed by atoms with Gasteiger partial charge in [0.1, 0.15) is 12.4 Å². The number of aryl methyl sites for hydroxylation is 1. The Balaban J connectivity index is 2.43. The van der Waals surface area contributed by atoms with Gasteiger partial charge >= 0.3 is 5.97 Å². The van der Waals surface area contributed by atoms with Gasteiger partial charge in [-0.3, -0.25) is 4.79 Å². The lowest BCUT2D eigenvalue weighted by Gasteiger charge is -2.12. The third-order valence-corrected chi connectivity index (χ3v) is 1.98. The molecule has 0 fully saturated rings. The van der Waals surface area contributed by atoms with E-state index in [4.69, 9.17) is 15.6 Å². The predicted octanol–water partition coefficient (Wildman–Crippen LogP) is 1.18. The van der Waals surface area contributed by atoms with Crippen LogP contribution < -0.4 is 10.5 Å². The van der Waals surface area contributed by atoms with Crippen molar-refractivity contribution in [1.29, 1.82) is 0 Å². The lowest BCUT2D eigenvalue weighted by Crippen LogP contribution is -2.30. The summed E-state index contributed by atoms with van der Waals surface area (Å²) < 4.78 is 5.41. The number of nitrogens with two attached hydrogens (primary N) is 1. The number of ether oxygens (including phenoxy) is 1. The summed E-state index contributed by atoms with van der Waals surface area (Å²) in [4.78, 5) is 10.4. The smallest absolute Gasteiger partial charge is 0.305 e. The summed E-state index contributed by atoms with van der Waals surface area (Å²) in [6, 6.07) is 7.08. The summed E-state index contributed by atoms with van der Waals surface area (Å²) in [7, 11) is 0. The van der Waals surface area contributed by atoms with Crippen molar-refractivity contribution in [3.05, 3.63) is 29.8 Å². The highest BCUT2D eigenvalue weighted by Crippen LogP contribution is 2.16.